The second kappa shape index (κ2) is 7.76. The van der Waals surface area contributed by atoms with Gasteiger partial charge in [0.1, 0.15) is 11.3 Å². The molecule has 0 saturated heterocycles. The second-order valence-corrected chi connectivity index (χ2v) is 4.90. The number of rotatable bonds is 5. The van der Waals surface area contributed by atoms with Gasteiger partial charge in [0.2, 0.25) is 0 Å². The van der Waals surface area contributed by atoms with Crippen molar-refractivity contribution in [2.45, 2.75) is 6.61 Å². The number of hydrogen-bond donors (Lipinski definition) is 1. The SMILES string of the molecule is COCc1cc(-c2cccc(OC)c2)nc2c(C(=O)O)cnn12.[Na]. The molecule has 0 saturated carbocycles. The van der Waals surface area contributed by atoms with Crippen LogP contribution < -0.4 is 4.74 Å². The Morgan fingerprint density at radius 2 is 2.08 bits per heavy atom. The summed E-state index contributed by atoms with van der Waals surface area (Å²) in [6, 6.07) is 9.23. The van der Waals surface area contributed by atoms with Crippen LogP contribution in [-0.4, -0.2) is 69.5 Å². The van der Waals surface area contributed by atoms with Gasteiger partial charge in [-0.3, -0.25) is 0 Å². The van der Waals surface area contributed by atoms with Gasteiger partial charge in [0.15, 0.2) is 5.65 Å². The molecule has 1 aromatic carbocycles. The van der Waals surface area contributed by atoms with Crippen molar-refractivity contribution in [1.82, 2.24) is 14.6 Å². The number of ether oxygens (including phenoxy) is 2. The molecule has 8 heteroatoms. The van der Waals surface area contributed by atoms with E-state index in [4.69, 9.17) is 9.47 Å². The average molecular weight is 336 g/mol. The molecule has 0 aliphatic heterocycles. The fourth-order valence-corrected chi connectivity index (χ4v) is 2.36. The summed E-state index contributed by atoms with van der Waals surface area (Å²) in [7, 11) is 3.16. The van der Waals surface area contributed by atoms with Gasteiger partial charge in [-0.2, -0.15) is 5.10 Å². The molecule has 1 radical (unpaired) electrons. The molecule has 0 aliphatic rings. The van der Waals surface area contributed by atoms with E-state index < -0.39 is 5.97 Å². The fourth-order valence-electron chi connectivity index (χ4n) is 2.36. The normalized spacial score (nSPS) is 10.4. The van der Waals surface area contributed by atoms with E-state index in [1.54, 1.807) is 14.2 Å². The maximum atomic E-state index is 11.3. The number of aromatic carboxylic acids is 1. The molecule has 0 atom stereocenters. The number of benzene rings is 1. The minimum atomic E-state index is -1.07. The van der Waals surface area contributed by atoms with Crippen LogP contribution in [0.4, 0.5) is 0 Å². The maximum absolute atomic E-state index is 11.3. The van der Waals surface area contributed by atoms with Crippen LogP contribution in [0.2, 0.25) is 0 Å². The van der Waals surface area contributed by atoms with Crippen molar-refractivity contribution in [1.29, 1.82) is 0 Å². The summed E-state index contributed by atoms with van der Waals surface area (Å²) >= 11 is 0. The van der Waals surface area contributed by atoms with E-state index >= 15 is 0 Å². The quantitative estimate of drug-likeness (QED) is 0.716. The summed E-state index contributed by atoms with van der Waals surface area (Å²) in [6.45, 7) is 0.288. The zero-order valence-corrected chi connectivity index (χ0v) is 15.7. The fraction of sp³-hybridized carbons (Fsp3) is 0.188. The molecule has 0 amide bonds. The minimum Gasteiger partial charge on any atom is -0.497 e. The molecule has 2 heterocycles. The summed E-state index contributed by atoms with van der Waals surface area (Å²) in [5.41, 5.74) is 2.49. The number of carboxylic acid groups (broad SMARTS) is 1. The molecule has 7 nitrogen and oxygen atoms in total. The van der Waals surface area contributed by atoms with Crippen molar-refractivity contribution < 1.29 is 19.4 Å². The van der Waals surface area contributed by atoms with Crippen molar-refractivity contribution in [3.05, 3.63) is 47.8 Å². The van der Waals surface area contributed by atoms with E-state index in [2.05, 4.69) is 10.1 Å². The molecule has 119 valence electrons. The van der Waals surface area contributed by atoms with Gasteiger partial charge in [-0.25, -0.2) is 14.3 Å². The molecule has 2 aromatic heterocycles. The van der Waals surface area contributed by atoms with Crippen LogP contribution in [0.15, 0.2) is 36.5 Å². The second-order valence-electron chi connectivity index (χ2n) is 4.90. The number of carbonyl (C=O) groups is 1. The first-order valence-electron chi connectivity index (χ1n) is 6.88. The summed E-state index contributed by atoms with van der Waals surface area (Å²) in [4.78, 5) is 15.8. The Kier molecular flexibility index (Phi) is 5.95. The predicted molar refractivity (Wildman–Crippen MR) is 88.4 cm³/mol. The van der Waals surface area contributed by atoms with Crippen LogP contribution in [0.3, 0.4) is 0 Å². The summed E-state index contributed by atoms with van der Waals surface area (Å²) in [5.74, 6) is -0.372. The molecular formula is C16H15N3NaO4. The Balaban J connectivity index is 0.00000208. The van der Waals surface area contributed by atoms with Crippen molar-refractivity contribution in [3.8, 4) is 17.0 Å². The average Bonchev–Trinajstić information content (AvgIpc) is 2.99. The molecular weight excluding hydrogens is 321 g/mol. The zero-order valence-electron chi connectivity index (χ0n) is 13.7. The third-order valence-corrected chi connectivity index (χ3v) is 3.43. The third-order valence-electron chi connectivity index (χ3n) is 3.43. The standard InChI is InChI=1S/C16H15N3O4.Na/c1-22-9-11-7-14(10-4-3-5-12(6-10)23-2)18-15-13(16(20)21)8-17-19(11)15;/h3-8H,9H2,1-2H3,(H,20,21);. The molecule has 0 spiro atoms. The Morgan fingerprint density at radius 1 is 1.29 bits per heavy atom. The maximum Gasteiger partial charge on any atom is 0.341 e. The Bertz CT molecular complexity index is 879. The third kappa shape index (κ3) is 3.44. The summed E-state index contributed by atoms with van der Waals surface area (Å²) in [6.07, 6.45) is 1.29. The van der Waals surface area contributed by atoms with Crippen LogP contribution in [0.25, 0.3) is 16.9 Å². The molecule has 0 fully saturated rings. The molecule has 0 aliphatic carbocycles. The number of hydrogen-bond acceptors (Lipinski definition) is 5. The van der Waals surface area contributed by atoms with Crippen LogP contribution in [-0.2, 0) is 11.3 Å². The molecule has 24 heavy (non-hydrogen) atoms. The van der Waals surface area contributed by atoms with Gasteiger partial charge in [0.05, 0.1) is 31.3 Å². The van der Waals surface area contributed by atoms with E-state index in [1.165, 1.54) is 10.7 Å². The Labute approximate surface area is 160 Å². The van der Waals surface area contributed by atoms with Gasteiger partial charge in [0.25, 0.3) is 0 Å². The summed E-state index contributed by atoms with van der Waals surface area (Å²) in [5, 5.41) is 13.4. The smallest absolute Gasteiger partial charge is 0.341 e. The number of aromatic nitrogens is 3. The van der Waals surface area contributed by atoms with E-state index in [-0.39, 0.29) is 47.4 Å². The van der Waals surface area contributed by atoms with Gasteiger partial charge in [-0.1, -0.05) is 12.1 Å². The van der Waals surface area contributed by atoms with Gasteiger partial charge in [-0.15, -0.1) is 0 Å². The van der Waals surface area contributed by atoms with Crippen LogP contribution in [0.5, 0.6) is 5.75 Å². The number of fused-ring (bicyclic) bond motifs is 1. The first-order valence-corrected chi connectivity index (χ1v) is 6.88. The van der Waals surface area contributed by atoms with E-state index in [9.17, 15) is 9.90 Å². The summed E-state index contributed by atoms with van der Waals surface area (Å²) < 4.78 is 11.9. The molecule has 0 unspecified atom stereocenters. The van der Waals surface area contributed by atoms with Gasteiger partial charge >= 0.3 is 5.97 Å². The van der Waals surface area contributed by atoms with Crippen molar-refractivity contribution >= 4 is 41.2 Å². The van der Waals surface area contributed by atoms with Crippen LogP contribution in [0, 0.1) is 0 Å². The molecule has 3 aromatic rings. The van der Waals surface area contributed by atoms with Gasteiger partial charge in [0, 0.05) is 42.2 Å². The van der Waals surface area contributed by atoms with E-state index in [1.807, 2.05) is 30.3 Å². The van der Waals surface area contributed by atoms with Gasteiger partial charge in [-0.05, 0) is 18.2 Å². The Hall–Kier alpha value is -1.93. The van der Waals surface area contributed by atoms with E-state index in [0.29, 0.717) is 17.1 Å². The number of carboxylic acids is 1. The first kappa shape index (κ1) is 18.4. The van der Waals surface area contributed by atoms with Crippen molar-refractivity contribution in [2.75, 3.05) is 14.2 Å². The van der Waals surface area contributed by atoms with Crippen molar-refractivity contribution in [3.63, 3.8) is 0 Å². The van der Waals surface area contributed by atoms with Gasteiger partial charge < -0.3 is 14.6 Å². The van der Waals surface area contributed by atoms with Crippen LogP contribution in [0.1, 0.15) is 16.1 Å². The Morgan fingerprint density at radius 3 is 2.75 bits per heavy atom. The topological polar surface area (TPSA) is 86.0 Å². The first-order chi connectivity index (χ1) is 11.1. The predicted octanol–water partition coefficient (Wildman–Crippen LogP) is 1.87. The largest absolute Gasteiger partial charge is 0.497 e. The molecule has 3 rings (SSSR count). The van der Waals surface area contributed by atoms with Crippen LogP contribution >= 0.6 is 0 Å². The number of methoxy groups -OCH3 is 2. The van der Waals surface area contributed by atoms with E-state index in [0.717, 1.165) is 5.56 Å². The minimum absolute atomic E-state index is 0. The molecule has 1 N–H and O–H groups in total. The monoisotopic (exact) mass is 336 g/mol. The number of nitrogens with zero attached hydrogens (tertiary/aromatic N) is 3. The molecule has 0 bridgehead atoms. The van der Waals surface area contributed by atoms with Crippen molar-refractivity contribution in [2.24, 2.45) is 0 Å². The zero-order chi connectivity index (χ0) is 16.4.